The second kappa shape index (κ2) is 6.11. The largest absolute Gasteiger partial charge is 0.368 e. The van der Waals surface area contributed by atoms with Gasteiger partial charge in [-0.3, -0.25) is 0 Å². The van der Waals surface area contributed by atoms with E-state index in [1.54, 1.807) is 6.92 Å². The minimum atomic E-state index is -0.616. The van der Waals surface area contributed by atoms with Crippen molar-refractivity contribution in [3.8, 4) is 0 Å². The molecular weight excluding hydrogens is 207 g/mol. The van der Waals surface area contributed by atoms with E-state index in [0.29, 0.717) is 0 Å². The predicted molar refractivity (Wildman–Crippen MR) is 18.7 cm³/mol. The zero-order valence-electron chi connectivity index (χ0n) is 4.01. The first kappa shape index (κ1) is 10.2. The van der Waals surface area contributed by atoms with Gasteiger partial charge in [0.05, 0.1) is 0 Å². The molecule has 0 aliphatic heterocycles. The van der Waals surface area contributed by atoms with E-state index < -0.39 is 6.29 Å². The van der Waals surface area contributed by atoms with Crippen LogP contribution in [0, 0.1) is 35.6 Å². The predicted octanol–water partition coefficient (Wildman–Crippen LogP) is -0.0289. The van der Waals surface area contributed by atoms with Gasteiger partial charge in [-0.2, -0.15) is 0 Å². The number of hydrogen-bond donors (Lipinski definition) is 1. The number of methoxy groups -OCH3 is 1. The molecule has 0 aromatic carbocycles. The molecule has 6 heavy (non-hydrogen) atoms. The van der Waals surface area contributed by atoms with E-state index in [1.807, 2.05) is 0 Å². The molecule has 3 heteroatoms. The minimum absolute atomic E-state index is 0. The van der Waals surface area contributed by atoms with E-state index in [1.165, 1.54) is 7.11 Å². The fourth-order valence-electron chi connectivity index (χ4n) is 0. The molecule has 0 saturated heterocycles. The summed E-state index contributed by atoms with van der Waals surface area (Å²) in [5.74, 6) is 0. The third kappa shape index (κ3) is 8.93. The van der Waals surface area contributed by atoms with Crippen LogP contribution >= 0.6 is 0 Å². The van der Waals surface area contributed by atoms with Gasteiger partial charge in [0.1, 0.15) is 0 Å². The van der Waals surface area contributed by atoms with Crippen molar-refractivity contribution in [3.63, 3.8) is 0 Å². The summed E-state index contributed by atoms with van der Waals surface area (Å²) in [6.45, 7) is 1.56. The molecule has 35 valence electrons. The van der Waals surface area contributed by atoms with Crippen molar-refractivity contribution >= 4 is 0 Å². The van der Waals surface area contributed by atoms with Crippen molar-refractivity contribution in [3.05, 3.63) is 0 Å². The average molecular weight is 215 g/mol. The molecule has 0 rings (SSSR count). The van der Waals surface area contributed by atoms with Gasteiger partial charge < -0.3 is 9.84 Å². The van der Waals surface area contributed by atoms with Crippen LogP contribution in [0.1, 0.15) is 6.92 Å². The van der Waals surface area contributed by atoms with Gasteiger partial charge >= 0.3 is 0 Å². The molecule has 1 N–H and O–H groups in total. The second-order valence-electron chi connectivity index (χ2n) is 0.835. The Morgan fingerprint density at radius 3 is 1.83 bits per heavy atom. The Hall–Kier alpha value is 1.11. The Balaban J connectivity index is 0. The molecule has 1 radical (unpaired) electrons. The maximum absolute atomic E-state index is 8.14. The SMILES string of the molecule is COC(C)O.[La]. The average Bonchev–Trinajstić information content (AvgIpc) is 1.38. The monoisotopic (exact) mass is 215 g/mol. The number of aliphatic hydroxyl groups excluding tert-OH is 1. The van der Waals surface area contributed by atoms with Crippen molar-refractivity contribution in [2.45, 2.75) is 13.2 Å². The molecule has 0 amide bonds. The molecular formula is C3H8LaO2. The molecule has 0 aliphatic rings. The summed E-state index contributed by atoms with van der Waals surface area (Å²) in [5, 5.41) is 8.14. The molecule has 0 saturated carbocycles. The number of ether oxygens (including phenoxy) is 1. The van der Waals surface area contributed by atoms with Gasteiger partial charge in [0, 0.05) is 42.7 Å². The summed E-state index contributed by atoms with van der Waals surface area (Å²) < 4.78 is 4.31. The van der Waals surface area contributed by atoms with Crippen molar-refractivity contribution in [1.29, 1.82) is 0 Å². The van der Waals surface area contributed by atoms with E-state index in [0.717, 1.165) is 0 Å². The van der Waals surface area contributed by atoms with Crippen LogP contribution in [0.15, 0.2) is 0 Å². The van der Waals surface area contributed by atoms with E-state index in [-0.39, 0.29) is 35.6 Å². The third-order valence-corrected chi connectivity index (χ3v) is 0.341. The zero-order valence-corrected chi connectivity index (χ0v) is 7.64. The molecule has 0 aromatic heterocycles. The van der Waals surface area contributed by atoms with Crippen LogP contribution in [0.2, 0.25) is 0 Å². The van der Waals surface area contributed by atoms with Crippen molar-refractivity contribution < 1.29 is 45.4 Å². The standard InChI is InChI=1S/C3H8O2.La/c1-3(4)5-2;/h3-4H,1-2H3;. The van der Waals surface area contributed by atoms with E-state index in [4.69, 9.17) is 5.11 Å². The Morgan fingerprint density at radius 1 is 1.67 bits per heavy atom. The van der Waals surface area contributed by atoms with E-state index in [9.17, 15) is 0 Å². The summed E-state index contributed by atoms with van der Waals surface area (Å²) in [7, 11) is 1.45. The second-order valence-corrected chi connectivity index (χ2v) is 0.835. The van der Waals surface area contributed by atoms with E-state index in [2.05, 4.69) is 4.74 Å². The van der Waals surface area contributed by atoms with Crippen LogP contribution in [-0.4, -0.2) is 18.5 Å². The molecule has 0 aliphatic carbocycles. The fourth-order valence-corrected chi connectivity index (χ4v) is 0. The van der Waals surface area contributed by atoms with Gasteiger partial charge in [-0.05, 0) is 6.92 Å². The van der Waals surface area contributed by atoms with Gasteiger partial charge in [-0.15, -0.1) is 0 Å². The van der Waals surface area contributed by atoms with Crippen molar-refractivity contribution in [2.75, 3.05) is 7.11 Å². The molecule has 0 bridgehead atoms. The molecule has 0 fully saturated rings. The maximum atomic E-state index is 8.14. The summed E-state index contributed by atoms with van der Waals surface area (Å²) in [4.78, 5) is 0. The van der Waals surface area contributed by atoms with Gasteiger partial charge in [0.15, 0.2) is 6.29 Å². The third-order valence-electron chi connectivity index (χ3n) is 0.341. The van der Waals surface area contributed by atoms with Crippen LogP contribution in [-0.2, 0) is 4.74 Å². The van der Waals surface area contributed by atoms with Gasteiger partial charge in [0.2, 0.25) is 0 Å². The van der Waals surface area contributed by atoms with Crippen LogP contribution in [0.4, 0.5) is 0 Å². The molecule has 0 spiro atoms. The maximum Gasteiger partial charge on any atom is 0.151 e. The van der Waals surface area contributed by atoms with Crippen LogP contribution in [0.5, 0.6) is 0 Å². The van der Waals surface area contributed by atoms with Crippen molar-refractivity contribution in [1.82, 2.24) is 0 Å². The summed E-state index contributed by atoms with van der Waals surface area (Å²) in [5.41, 5.74) is 0. The smallest absolute Gasteiger partial charge is 0.151 e. The molecule has 0 aromatic rings. The Morgan fingerprint density at radius 2 is 1.83 bits per heavy atom. The van der Waals surface area contributed by atoms with Crippen LogP contribution < -0.4 is 0 Å². The molecule has 1 atom stereocenters. The van der Waals surface area contributed by atoms with Crippen molar-refractivity contribution in [2.24, 2.45) is 0 Å². The van der Waals surface area contributed by atoms with Gasteiger partial charge in [-0.25, -0.2) is 0 Å². The number of hydrogen-bond acceptors (Lipinski definition) is 2. The summed E-state index contributed by atoms with van der Waals surface area (Å²) in [6, 6.07) is 0. The molecule has 0 heterocycles. The zero-order chi connectivity index (χ0) is 4.28. The first-order chi connectivity index (χ1) is 2.27. The quantitative estimate of drug-likeness (QED) is 0.622. The number of aliphatic hydroxyl groups is 1. The molecule has 2 nitrogen and oxygen atoms in total. The fraction of sp³-hybridized carbons (Fsp3) is 1.00. The first-order valence-corrected chi connectivity index (χ1v) is 1.48. The van der Waals surface area contributed by atoms with Gasteiger partial charge in [0.25, 0.3) is 0 Å². The Kier molecular flexibility index (Phi) is 10.4. The summed E-state index contributed by atoms with van der Waals surface area (Å²) in [6.07, 6.45) is -0.616. The summed E-state index contributed by atoms with van der Waals surface area (Å²) >= 11 is 0. The topological polar surface area (TPSA) is 29.5 Å². The Labute approximate surface area is 65.5 Å². The number of rotatable bonds is 1. The molecule has 1 unspecified atom stereocenters. The van der Waals surface area contributed by atoms with E-state index >= 15 is 0 Å². The Bertz CT molecular complexity index is 22.8. The minimum Gasteiger partial charge on any atom is -0.368 e. The normalized spacial score (nSPS) is 12.5. The van der Waals surface area contributed by atoms with Crippen LogP contribution in [0.25, 0.3) is 0 Å². The van der Waals surface area contributed by atoms with Crippen LogP contribution in [0.3, 0.4) is 0 Å². The van der Waals surface area contributed by atoms with Gasteiger partial charge in [-0.1, -0.05) is 0 Å². The first-order valence-electron chi connectivity index (χ1n) is 1.48.